The second kappa shape index (κ2) is 11.5. The van der Waals surface area contributed by atoms with Crippen LogP contribution in [0.5, 0.6) is 0 Å². The molecule has 0 aliphatic rings. The molecule has 2 amide bonds. The van der Waals surface area contributed by atoms with Crippen molar-refractivity contribution in [2.75, 3.05) is 0 Å². The lowest BCUT2D eigenvalue weighted by Crippen LogP contribution is -2.53. The Balaban J connectivity index is 2.88. The summed E-state index contributed by atoms with van der Waals surface area (Å²) in [6.07, 6.45) is -3.95. The first-order valence-electron chi connectivity index (χ1n) is 9.71. The Morgan fingerprint density at radius 3 is 2.17 bits per heavy atom. The first kappa shape index (κ1) is 25.3. The zero-order valence-corrected chi connectivity index (χ0v) is 17.7. The summed E-state index contributed by atoms with van der Waals surface area (Å²) in [5, 5.41) is 14.0. The van der Waals surface area contributed by atoms with Gasteiger partial charge in [-0.1, -0.05) is 58.0 Å². The summed E-state index contributed by atoms with van der Waals surface area (Å²) in [5.74, 6) is -2.12. The quantitative estimate of drug-likeness (QED) is 0.500. The van der Waals surface area contributed by atoms with Gasteiger partial charge in [0.2, 0.25) is 12.3 Å². The number of carbonyl (C=O) groups excluding carboxylic acids is 2. The van der Waals surface area contributed by atoms with Gasteiger partial charge in [-0.15, -0.1) is 0 Å². The molecule has 1 rings (SSSR count). The van der Waals surface area contributed by atoms with Gasteiger partial charge in [0.1, 0.15) is 18.7 Å². The topological polar surface area (TPSA) is 105 Å². The van der Waals surface area contributed by atoms with E-state index in [1.807, 2.05) is 0 Å². The molecule has 0 fully saturated rings. The van der Waals surface area contributed by atoms with Crippen molar-refractivity contribution < 1.29 is 33.0 Å². The maximum absolute atomic E-state index is 13.3. The van der Waals surface area contributed by atoms with Crippen LogP contribution >= 0.6 is 0 Å². The van der Waals surface area contributed by atoms with Crippen LogP contribution in [0.15, 0.2) is 30.3 Å². The predicted octanol–water partition coefficient (Wildman–Crippen LogP) is 3.58. The lowest BCUT2D eigenvalue weighted by Gasteiger charge is -2.29. The molecule has 0 saturated heterocycles. The number of carboxylic acids is 1. The number of alkyl carbamates (subject to hydrolysis) is 1. The number of hydrogen-bond donors (Lipinski definition) is 3. The van der Waals surface area contributed by atoms with E-state index in [1.165, 1.54) is 13.8 Å². The van der Waals surface area contributed by atoms with Gasteiger partial charge in [-0.05, 0) is 24.3 Å². The third kappa shape index (κ3) is 8.75. The maximum Gasteiger partial charge on any atom is 0.408 e. The molecule has 0 bridgehead atoms. The minimum Gasteiger partial charge on any atom is -0.480 e. The SMILES string of the molecule is CC(C)CC(NC(=O)C(CC(C)(C)C(F)F)NC(=O)OCc1ccccc1)C(=O)O. The van der Waals surface area contributed by atoms with E-state index in [2.05, 4.69) is 10.6 Å². The molecule has 0 heterocycles. The lowest BCUT2D eigenvalue weighted by atomic mass is 9.85. The molecule has 0 aliphatic carbocycles. The van der Waals surface area contributed by atoms with Crippen LogP contribution in [0.25, 0.3) is 0 Å². The van der Waals surface area contributed by atoms with E-state index in [1.54, 1.807) is 44.2 Å². The van der Waals surface area contributed by atoms with Crippen molar-refractivity contribution in [1.82, 2.24) is 10.6 Å². The van der Waals surface area contributed by atoms with Crippen LogP contribution < -0.4 is 10.6 Å². The van der Waals surface area contributed by atoms with E-state index >= 15 is 0 Å². The molecule has 0 spiro atoms. The van der Waals surface area contributed by atoms with Gasteiger partial charge in [-0.3, -0.25) is 4.79 Å². The fraction of sp³-hybridized carbons (Fsp3) is 0.571. The largest absolute Gasteiger partial charge is 0.480 e. The molecule has 2 atom stereocenters. The van der Waals surface area contributed by atoms with Crippen molar-refractivity contribution in [3.8, 4) is 0 Å². The van der Waals surface area contributed by atoms with E-state index < -0.39 is 48.3 Å². The fourth-order valence-electron chi connectivity index (χ4n) is 2.70. The number of halogens is 2. The zero-order valence-electron chi connectivity index (χ0n) is 17.7. The second-order valence-corrected chi connectivity index (χ2v) is 8.28. The molecule has 168 valence electrons. The summed E-state index contributed by atoms with van der Waals surface area (Å²) in [6.45, 7) is 6.04. The standard InChI is InChI=1S/C21H30F2N2O5/c1-13(2)10-15(18(27)28)24-17(26)16(11-21(3,4)19(22)23)25-20(29)30-12-14-8-6-5-7-9-14/h5-9,13,15-16,19H,10-12H2,1-4H3,(H,24,26)(H,25,29)(H,27,28). The fourth-order valence-corrected chi connectivity index (χ4v) is 2.70. The average Bonchev–Trinajstić information content (AvgIpc) is 2.65. The van der Waals surface area contributed by atoms with E-state index in [0.29, 0.717) is 5.56 Å². The summed E-state index contributed by atoms with van der Waals surface area (Å²) in [7, 11) is 0. The number of rotatable bonds is 11. The number of nitrogens with one attached hydrogen (secondary N) is 2. The van der Waals surface area contributed by atoms with Gasteiger partial charge < -0.3 is 20.5 Å². The minimum absolute atomic E-state index is 0.0221. The summed E-state index contributed by atoms with van der Waals surface area (Å²) >= 11 is 0. The molecule has 30 heavy (non-hydrogen) atoms. The van der Waals surface area contributed by atoms with Crippen LogP contribution in [-0.2, 0) is 20.9 Å². The third-order valence-electron chi connectivity index (χ3n) is 4.46. The third-order valence-corrected chi connectivity index (χ3v) is 4.46. The van der Waals surface area contributed by atoms with Gasteiger partial charge in [0.05, 0.1) is 0 Å². The van der Waals surface area contributed by atoms with E-state index in [0.717, 1.165) is 0 Å². The summed E-state index contributed by atoms with van der Waals surface area (Å²) in [5.41, 5.74) is -0.879. The van der Waals surface area contributed by atoms with Crippen molar-refractivity contribution in [2.24, 2.45) is 11.3 Å². The monoisotopic (exact) mass is 428 g/mol. The highest BCUT2D eigenvalue weighted by atomic mass is 19.3. The molecule has 3 N–H and O–H groups in total. The van der Waals surface area contributed by atoms with Gasteiger partial charge in [0.15, 0.2) is 0 Å². The Hall–Kier alpha value is -2.71. The maximum atomic E-state index is 13.3. The zero-order chi connectivity index (χ0) is 22.9. The van der Waals surface area contributed by atoms with Crippen LogP contribution in [0.2, 0.25) is 0 Å². The summed E-state index contributed by atoms with van der Waals surface area (Å²) in [4.78, 5) is 36.2. The second-order valence-electron chi connectivity index (χ2n) is 8.28. The molecule has 2 unspecified atom stereocenters. The van der Waals surface area contributed by atoms with Crippen LogP contribution in [0.4, 0.5) is 13.6 Å². The highest BCUT2D eigenvalue weighted by Gasteiger charge is 2.37. The minimum atomic E-state index is -2.75. The molecule has 0 aliphatic heterocycles. The Labute approximate surface area is 175 Å². The highest BCUT2D eigenvalue weighted by molar-refractivity contribution is 5.89. The van der Waals surface area contributed by atoms with Crippen molar-refractivity contribution in [1.29, 1.82) is 0 Å². The van der Waals surface area contributed by atoms with Gasteiger partial charge in [-0.25, -0.2) is 18.4 Å². The van der Waals surface area contributed by atoms with Crippen LogP contribution in [0.1, 0.15) is 46.1 Å². The van der Waals surface area contributed by atoms with Crippen LogP contribution in [0, 0.1) is 11.3 Å². The van der Waals surface area contributed by atoms with Crippen molar-refractivity contribution in [3.63, 3.8) is 0 Å². The average molecular weight is 428 g/mol. The molecular weight excluding hydrogens is 398 g/mol. The number of ether oxygens (including phenoxy) is 1. The molecule has 0 radical (unpaired) electrons. The number of aliphatic carboxylic acids is 1. The molecule has 1 aromatic rings. The van der Waals surface area contributed by atoms with Gasteiger partial charge >= 0.3 is 12.1 Å². The van der Waals surface area contributed by atoms with Crippen molar-refractivity contribution in [3.05, 3.63) is 35.9 Å². The molecule has 9 heteroatoms. The number of hydrogen-bond acceptors (Lipinski definition) is 4. The normalized spacial score (nSPS) is 13.6. The van der Waals surface area contributed by atoms with Crippen molar-refractivity contribution >= 4 is 18.0 Å². The summed E-state index contributed by atoms with van der Waals surface area (Å²) in [6, 6.07) is 6.22. The predicted molar refractivity (Wildman–Crippen MR) is 107 cm³/mol. The van der Waals surface area contributed by atoms with Crippen LogP contribution in [0.3, 0.4) is 0 Å². The first-order valence-corrected chi connectivity index (χ1v) is 9.71. The molecule has 1 aromatic carbocycles. The lowest BCUT2D eigenvalue weighted by molar-refractivity contribution is -0.142. The summed E-state index contributed by atoms with van der Waals surface area (Å²) < 4.78 is 31.7. The van der Waals surface area contributed by atoms with Gasteiger partial charge in [0, 0.05) is 5.41 Å². The molecule has 0 aromatic heterocycles. The Morgan fingerprint density at radius 1 is 1.07 bits per heavy atom. The number of benzene rings is 1. The Kier molecular flexibility index (Phi) is 9.68. The Morgan fingerprint density at radius 2 is 1.67 bits per heavy atom. The highest BCUT2D eigenvalue weighted by Crippen LogP contribution is 2.30. The molecular formula is C21H30F2N2O5. The number of alkyl halides is 2. The van der Waals surface area contributed by atoms with Gasteiger partial charge in [-0.2, -0.15) is 0 Å². The number of carboxylic acid groups (broad SMARTS) is 1. The first-order chi connectivity index (χ1) is 13.9. The van der Waals surface area contributed by atoms with Crippen LogP contribution in [-0.4, -0.2) is 41.6 Å². The van der Waals surface area contributed by atoms with Gasteiger partial charge in [0.25, 0.3) is 0 Å². The number of amides is 2. The van der Waals surface area contributed by atoms with E-state index in [4.69, 9.17) is 4.74 Å². The Bertz CT molecular complexity index is 711. The molecule has 0 saturated carbocycles. The van der Waals surface area contributed by atoms with E-state index in [-0.39, 0.29) is 18.9 Å². The van der Waals surface area contributed by atoms with E-state index in [9.17, 15) is 28.3 Å². The smallest absolute Gasteiger partial charge is 0.408 e. The number of carbonyl (C=O) groups is 3. The van der Waals surface area contributed by atoms with Crippen molar-refractivity contribution in [2.45, 2.75) is 65.7 Å². The molecule has 7 nitrogen and oxygen atoms in total.